The maximum atomic E-state index is 12.1. The zero-order valence-corrected chi connectivity index (χ0v) is 12.9. The van der Waals surface area contributed by atoms with Crippen LogP contribution in [-0.2, 0) is 9.59 Å². The molecule has 1 unspecified atom stereocenters. The highest BCUT2D eigenvalue weighted by molar-refractivity contribution is 5.85. The molecule has 116 valence electrons. The van der Waals surface area contributed by atoms with E-state index in [9.17, 15) is 14.7 Å². The highest BCUT2D eigenvalue weighted by Gasteiger charge is 2.41. The van der Waals surface area contributed by atoms with Crippen LogP contribution < -0.4 is 5.32 Å². The number of hydrogen-bond acceptors (Lipinski definition) is 3. The molecule has 0 heterocycles. The van der Waals surface area contributed by atoms with Gasteiger partial charge in [-0.3, -0.25) is 9.59 Å². The molecule has 5 heteroatoms. The molecule has 1 aliphatic rings. The summed E-state index contributed by atoms with van der Waals surface area (Å²) in [6.07, 6.45) is 5.15. The molecule has 1 fully saturated rings. The predicted molar refractivity (Wildman–Crippen MR) is 78.5 cm³/mol. The van der Waals surface area contributed by atoms with E-state index in [2.05, 4.69) is 10.2 Å². The van der Waals surface area contributed by atoms with Gasteiger partial charge in [-0.25, -0.2) is 0 Å². The minimum Gasteiger partial charge on any atom is -0.481 e. The van der Waals surface area contributed by atoms with Crippen LogP contribution in [0.15, 0.2) is 0 Å². The number of aliphatic carboxylic acids is 1. The number of rotatable bonds is 7. The van der Waals surface area contributed by atoms with Gasteiger partial charge in [-0.05, 0) is 46.8 Å². The summed E-state index contributed by atoms with van der Waals surface area (Å²) in [4.78, 5) is 25.7. The van der Waals surface area contributed by atoms with Crippen LogP contribution in [0.4, 0.5) is 0 Å². The molecule has 0 aliphatic heterocycles. The van der Waals surface area contributed by atoms with Gasteiger partial charge in [-0.15, -0.1) is 0 Å². The van der Waals surface area contributed by atoms with Crippen molar-refractivity contribution >= 4 is 11.9 Å². The number of nitrogens with zero attached hydrogens (tertiary/aromatic N) is 1. The Morgan fingerprint density at radius 3 is 2.35 bits per heavy atom. The third kappa shape index (κ3) is 5.12. The van der Waals surface area contributed by atoms with E-state index in [4.69, 9.17) is 0 Å². The van der Waals surface area contributed by atoms with Crippen LogP contribution in [0.2, 0.25) is 0 Å². The lowest BCUT2D eigenvalue weighted by molar-refractivity contribution is -0.154. The van der Waals surface area contributed by atoms with Gasteiger partial charge in [0.1, 0.15) is 0 Å². The zero-order valence-electron chi connectivity index (χ0n) is 12.9. The number of carboxylic acid groups (broad SMARTS) is 1. The van der Waals surface area contributed by atoms with Crippen molar-refractivity contribution in [2.75, 3.05) is 20.6 Å². The lowest BCUT2D eigenvalue weighted by atomic mass is 9.71. The number of amides is 1. The van der Waals surface area contributed by atoms with Crippen molar-refractivity contribution in [1.29, 1.82) is 0 Å². The lowest BCUT2D eigenvalue weighted by Gasteiger charge is -2.33. The second-order valence-corrected chi connectivity index (χ2v) is 6.38. The second-order valence-electron chi connectivity index (χ2n) is 6.38. The lowest BCUT2D eigenvalue weighted by Crippen LogP contribution is -2.42. The van der Waals surface area contributed by atoms with Crippen LogP contribution in [0.5, 0.6) is 0 Å². The van der Waals surface area contributed by atoms with Crippen molar-refractivity contribution in [1.82, 2.24) is 10.2 Å². The Labute approximate surface area is 121 Å². The van der Waals surface area contributed by atoms with Gasteiger partial charge in [-0.2, -0.15) is 0 Å². The number of carbonyl (C=O) groups excluding carboxylic acids is 1. The molecule has 5 nitrogen and oxygen atoms in total. The summed E-state index contributed by atoms with van der Waals surface area (Å²) in [5.41, 5.74) is -0.830. The Bertz CT molecular complexity index is 336. The standard InChI is InChI=1S/C15H28N2O3/c1-12(7-10-17(2)3)16-13(18)11-15(14(19)20)8-5-4-6-9-15/h12H,4-11H2,1-3H3,(H,16,18)(H,19,20). The van der Waals surface area contributed by atoms with E-state index in [-0.39, 0.29) is 18.4 Å². The van der Waals surface area contributed by atoms with Crippen molar-refractivity contribution in [2.24, 2.45) is 5.41 Å². The summed E-state index contributed by atoms with van der Waals surface area (Å²) in [5, 5.41) is 12.4. The van der Waals surface area contributed by atoms with Gasteiger partial charge < -0.3 is 15.3 Å². The van der Waals surface area contributed by atoms with Gasteiger partial charge in [0.2, 0.25) is 5.91 Å². The van der Waals surface area contributed by atoms with Crippen molar-refractivity contribution in [3.8, 4) is 0 Å². The van der Waals surface area contributed by atoms with Gasteiger partial charge in [0.15, 0.2) is 0 Å². The molecule has 2 N–H and O–H groups in total. The van der Waals surface area contributed by atoms with E-state index in [1.165, 1.54) is 0 Å². The van der Waals surface area contributed by atoms with Crippen LogP contribution >= 0.6 is 0 Å². The number of nitrogens with one attached hydrogen (secondary N) is 1. The average Bonchev–Trinajstić information content (AvgIpc) is 2.37. The first-order valence-corrected chi connectivity index (χ1v) is 7.53. The topological polar surface area (TPSA) is 69.6 Å². The summed E-state index contributed by atoms with van der Waals surface area (Å²) in [6.45, 7) is 2.88. The van der Waals surface area contributed by atoms with Crippen LogP contribution in [0.25, 0.3) is 0 Å². The normalized spacial score (nSPS) is 19.6. The fourth-order valence-corrected chi connectivity index (χ4v) is 2.85. The maximum Gasteiger partial charge on any atom is 0.310 e. The van der Waals surface area contributed by atoms with E-state index >= 15 is 0 Å². The van der Waals surface area contributed by atoms with Crippen LogP contribution in [-0.4, -0.2) is 48.6 Å². The van der Waals surface area contributed by atoms with E-state index in [1.807, 2.05) is 21.0 Å². The maximum absolute atomic E-state index is 12.1. The summed E-state index contributed by atoms with van der Waals surface area (Å²) in [6, 6.07) is 0.0827. The Kier molecular flexibility index (Phi) is 6.46. The summed E-state index contributed by atoms with van der Waals surface area (Å²) in [5.74, 6) is -0.936. The fourth-order valence-electron chi connectivity index (χ4n) is 2.85. The van der Waals surface area contributed by atoms with Crippen LogP contribution in [0.1, 0.15) is 51.9 Å². The Morgan fingerprint density at radius 2 is 1.85 bits per heavy atom. The molecule has 0 spiro atoms. The molecule has 1 saturated carbocycles. The molecular formula is C15H28N2O3. The first-order valence-electron chi connectivity index (χ1n) is 7.53. The number of carbonyl (C=O) groups is 2. The molecule has 0 radical (unpaired) electrons. The van der Waals surface area contributed by atoms with Crippen molar-refractivity contribution in [2.45, 2.75) is 57.9 Å². The van der Waals surface area contributed by atoms with E-state index < -0.39 is 11.4 Å². The Balaban J connectivity index is 2.48. The smallest absolute Gasteiger partial charge is 0.310 e. The van der Waals surface area contributed by atoms with Gasteiger partial charge in [0.25, 0.3) is 0 Å². The molecule has 0 aromatic carbocycles. The van der Waals surface area contributed by atoms with Gasteiger partial charge in [-0.1, -0.05) is 19.3 Å². The van der Waals surface area contributed by atoms with E-state index in [0.29, 0.717) is 12.8 Å². The van der Waals surface area contributed by atoms with E-state index in [1.54, 1.807) is 0 Å². The van der Waals surface area contributed by atoms with Gasteiger partial charge in [0, 0.05) is 12.5 Å². The molecule has 20 heavy (non-hydrogen) atoms. The molecule has 1 rings (SSSR count). The first-order chi connectivity index (χ1) is 9.35. The Morgan fingerprint density at radius 1 is 1.25 bits per heavy atom. The third-order valence-electron chi connectivity index (χ3n) is 4.18. The highest BCUT2D eigenvalue weighted by atomic mass is 16.4. The van der Waals surface area contributed by atoms with Crippen molar-refractivity contribution < 1.29 is 14.7 Å². The Hall–Kier alpha value is -1.10. The monoisotopic (exact) mass is 284 g/mol. The molecule has 1 atom stereocenters. The molecule has 1 aliphatic carbocycles. The number of hydrogen-bond donors (Lipinski definition) is 2. The fraction of sp³-hybridized carbons (Fsp3) is 0.867. The molecule has 0 saturated heterocycles. The summed E-state index contributed by atoms with van der Waals surface area (Å²) >= 11 is 0. The molecule has 1 amide bonds. The SMILES string of the molecule is CC(CCN(C)C)NC(=O)CC1(C(=O)O)CCCCC1. The van der Waals surface area contributed by atoms with Crippen molar-refractivity contribution in [3.63, 3.8) is 0 Å². The van der Waals surface area contributed by atoms with Crippen LogP contribution in [0.3, 0.4) is 0 Å². The van der Waals surface area contributed by atoms with E-state index in [0.717, 1.165) is 32.2 Å². The molecule has 0 aromatic heterocycles. The molecule has 0 bridgehead atoms. The molecular weight excluding hydrogens is 256 g/mol. The van der Waals surface area contributed by atoms with Crippen molar-refractivity contribution in [3.05, 3.63) is 0 Å². The third-order valence-corrected chi connectivity index (χ3v) is 4.18. The summed E-state index contributed by atoms with van der Waals surface area (Å²) in [7, 11) is 3.99. The van der Waals surface area contributed by atoms with Crippen LogP contribution in [0, 0.1) is 5.41 Å². The predicted octanol–water partition coefficient (Wildman–Crippen LogP) is 1.87. The minimum absolute atomic E-state index is 0.0827. The number of carboxylic acids is 1. The zero-order chi connectivity index (χ0) is 15.2. The van der Waals surface area contributed by atoms with Gasteiger partial charge >= 0.3 is 5.97 Å². The molecule has 0 aromatic rings. The first kappa shape index (κ1) is 17.0. The second kappa shape index (κ2) is 7.62. The summed E-state index contributed by atoms with van der Waals surface area (Å²) < 4.78 is 0. The average molecular weight is 284 g/mol. The quantitative estimate of drug-likeness (QED) is 0.749. The highest BCUT2D eigenvalue weighted by Crippen LogP contribution is 2.39. The minimum atomic E-state index is -0.830. The van der Waals surface area contributed by atoms with Gasteiger partial charge in [0.05, 0.1) is 5.41 Å². The largest absolute Gasteiger partial charge is 0.481 e.